The molecular weight excluding hydrogens is 300 g/mol. The number of carbonyl (C=O) groups excluding carboxylic acids is 1. The normalized spacial score (nSPS) is 14.8. The summed E-state index contributed by atoms with van der Waals surface area (Å²) >= 11 is 1.51. The lowest BCUT2D eigenvalue weighted by Gasteiger charge is -2.38. The van der Waals surface area contributed by atoms with E-state index in [0.717, 1.165) is 15.4 Å². The lowest BCUT2D eigenvalue weighted by atomic mass is 10.1. The predicted octanol–water partition coefficient (Wildman–Crippen LogP) is 1.97. The molecule has 1 fully saturated rings. The molecule has 0 N–H and O–H groups in total. The summed E-state index contributed by atoms with van der Waals surface area (Å²) in [6.45, 7) is 4.97. The summed E-state index contributed by atoms with van der Waals surface area (Å²) in [5, 5.41) is 0. The zero-order valence-electron chi connectivity index (χ0n) is 12.8. The molecule has 3 rings (SSSR count). The van der Waals surface area contributed by atoms with Gasteiger partial charge in [0.1, 0.15) is 11.9 Å². The van der Waals surface area contributed by atoms with Gasteiger partial charge in [-0.15, -0.1) is 11.3 Å². The number of rotatable bonds is 3. The van der Waals surface area contributed by atoms with Crippen LogP contribution < -0.4 is 10.3 Å². The van der Waals surface area contributed by atoms with E-state index in [1.165, 1.54) is 17.4 Å². The lowest BCUT2D eigenvalue weighted by Crippen LogP contribution is -2.56. The standard InChI is InChI=1S/C16H18N2O3S/c1-10-6-12(7-15(19)17(10)3)21-13-8-18(9-13)16(20)14-5-4-11(2)22-14/h4-7,13H,8-9H2,1-3H3. The van der Waals surface area contributed by atoms with Crippen molar-refractivity contribution in [2.75, 3.05) is 13.1 Å². The Hall–Kier alpha value is -2.08. The van der Waals surface area contributed by atoms with E-state index in [2.05, 4.69) is 0 Å². The van der Waals surface area contributed by atoms with Crippen molar-refractivity contribution in [1.29, 1.82) is 0 Å². The summed E-state index contributed by atoms with van der Waals surface area (Å²) in [7, 11) is 1.73. The van der Waals surface area contributed by atoms with Crippen molar-refractivity contribution in [1.82, 2.24) is 9.47 Å². The third kappa shape index (κ3) is 2.78. The van der Waals surface area contributed by atoms with Crippen LogP contribution in [0.5, 0.6) is 5.75 Å². The Kier molecular flexibility index (Phi) is 3.78. The molecule has 2 aromatic heterocycles. The van der Waals surface area contributed by atoms with Crippen molar-refractivity contribution < 1.29 is 9.53 Å². The van der Waals surface area contributed by atoms with Gasteiger partial charge in [0, 0.05) is 23.7 Å². The van der Waals surface area contributed by atoms with Crippen LogP contribution in [0.2, 0.25) is 0 Å². The van der Waals surface area contributed by atoms with E-state index in [1.54, 1.807) is 16.5 Å². The summed E-state index contributed by atoms with van der Waals surface area (Å²) in [5.74, 6) is 0.628. The highest BCUT2D eigenvalue weighted by Gasteiger charge is 2.33. The molecule has 116 valence electrons. The summed E-state index contributed by atoms with van der Waals surface area (Å²) in [6.07, 6.45) is -0.0449. The molecule has 22 heavy (non-hydrogen) atoms. The molecule has 1 amide bonds. The van der Waals surface area contributed by atoms with Gasteiger partial charge in [0.2, 0.25) is 0 Å². The Morgan fingerprint density at radius 3 is 2.59 bits per heavy atom. The maximum absolute atomic E-state index is 12.2. The van der Waals surface area contributed by atoms with E-state index in [4.69, 9.17) is 4.74 Å². The molecule has 0 aliphatic carbocycles. The average Bonchev–Trinajstić information content (AvgIpc) is 2.85. The highest BCUT2D eigenvalue weighted by atomic mass is 32.1. The van der Waals surface area contributed by atoms with E-state index in [9.17, 15) is 9.59 Å². The first-order valence-corrected chi connectivity index (χ1v) is 7.96. The minimum absolute atomic E-state index is 0.0449. The van der Waals surface area contributed by atoms with Crippen LogP contribution in [0.3, 0.4) is 0 Å². The van der Waals surface area contributed by atoms with E-state index in [1.807, 2.05) is 32.0 Å². The van der Waals surface area contributed by atoms with Crippen molar-refractivity contribution in [3.05, 3.63) is 50.1 Å². The molecule has 0 spiro atoms. The van der Waals surface area contributed by atoms with Gasteiger partial charge in [0.15, 0.2) is 0 Å². The van der Waals surface area contributed by atoms with Crippen molar-refractivity contribution in [3.8, 4) is 5.75 Å². The van der Waals surface area contributed by atoms with Crippen LogP contribution in [0.4, 0.5) is 0 Å². The molecule has 0 radical (unpaired) electrons. The second-order valence-electron chi connectivity index (χ2n) is 5.59. The van der Waals surface area contributed by atoms with Crippen molar-refractivity contribution >= 4 is 17.2 Å². The highest BCUT2D eigenvalue weighted by Crippen LogP contribution is 2.22. The number of ether oxygens (including phenoxy) is 1. The van der Waals surface area contributed by atoms with Crippen LogP contribution in [0.15, 0.2) is 29.1 Å². The maximum Gasteiger partial charge on any atom is 0.264 e. The lowest BCUT2D eigenvalue weighted by molar-refractivity contribution is 0.0180. The van der Waals surface area contributed by atoms with Crippen LogP contribution in [0, 0.1) is 13.8 Å². The molecule has 0 aromatic carbocycles. The monoisotopic (exact) mass is 318 g/mol. The fraction of sp³-hybridized carbons (Fsp3) is 0.375. The smallest absolute Gasteiger partial charge is 0.264 e. The molecule has 2 aromatic rings. The highest BCUT2D eigenvalue weighted by molar-refractivity contribution is 7.13. The Bertz CT molecular complexity index is 772. The van der Waals surface area contributed by atoms with Crippen LogP contribution in [0.1, 0.15) is 20.2 Å². The number of aryl methyl sites for hydroxylation is 2. The number of hydrogen-bond acceptors (Lipinski definition) is 4. The van der Waals surface area contributed by atoms with Gasteiger partial charge >= 0.3 is 0 Å². The number of nitrogens with zero attached hydrogens (tertiary/aromatic N) is 2. The molecule has 6 heteroatoms. The number of carbonyl (C=O) groups is 1. The Morgan fingerprint density at radius 2 is 2.00 bits per heavy atom. The third-order valence-electron chi connectivity index (χ3n) is 3.87. The maximum atomic E-state index is 12.2. The Morgan fingerprint density at radius 1 is 1.27 bits per heavy atom. The number of amides is 1. The fourth-order valence-corrected chi connectivity index (χ4v) is 3.22. The van der Waals surface area contributed by atoms with Gasteiger partial charge in [-0.1, -0.05) is 0 Å². The largest absolute Gasteiger partial charge is 0.486 e. The molecule has 1 aliphatic heterocycles. The molecule has 5 nitrogen and oxygen atoms in total. The number of hydrogen-bond donors (Lipinski definition) is 0. The second-order valence-corrected chi connectivity index (χ2v) is 6.88. The van der Waals surface area contributed by atoms with Crippen LogP contribution in [0.25, 0.3) is 0 Å². The number of pyridine rings is 1. The molecular formula is C16H18N2O3S. The summed E-state index contributed by atoms with van der Waals surface area (Å²) in [4.78, 5) is 27.6. The van der Waals surface area contributed by atoms with E-state index >= 15 is 0 Å². The van der Waals surface area contributed by atoms with Gasteiger partial charge in [-0.3, -0.25) is 9.59 Å². The average molecular weight is 318 g/mol. The molecule has 3 heterocycles. The van der Waals surface area contributed by atoms with Gasteiger partial charge in [0.05, 0.1) is 18.0 Å². The first-order chi connectivity index (χ1) is 10.4. The zero-order chi connectivity index (χ0) is 15.9. The topological polar surface area (TPSA) is 51.5 Å². The molecule has 1 aliphatic rings. The predicted molar refractivity (Wildman–Crippen MR) is 85.8 cm³/mol. The van der Waals surface area contributed by atoms with Gasteiger partial charge in [0.25, 0.3) is 11.5 Å². The van der Waals surface area contributed by atoms with Crippen molar-refractivity contribution in [2.24, 2.45) is 7.05 Å². The molecule has 0 bridgehead atoms. The Balaban J connectivity index is 1.60. The number of likely N-dealkylation sites (tertiary alicyclic amines) is 1. The van der Waals surface area contributed by atoms with Gasteiger partial charge in [-0.05, 0) is 32.0 Å². The van der Waals surface area contributed by atoms with Crippen molar-refractivity contribution in [2.45, 2.75) is 20.0 Å². The van der Waals surface area contributed by atoms with Crippen LogP contribution in [-0.4, -0.2) is 34.6 Å². The van der Waals surface area contributed by atoms with Gasteiger partial charge in [-0.2, -0.15) is 0 Å². The molecule has 0 saturated carbocycles. The number of aromatic nitrogens is 1. The number of thiophene rings is 1. The zero-order valence-corrected chi connectivity index (χ0v) is 13.6. The SMILES string of the molecule is Cc1ccc(C(=O)N2CC(Oc3cc(C)n(C)c(=O)c3)C2)s1. The third-order valence-corrected chi connectivity index (χ3v) is 4.85. The second kappa shape index (κ2) is 5.61. The first kappa shape index (κ1) is 14.8. The van der Waals surface area contributed by atoms with E-state index in [0.29, 0.717) is 18.8 Å². The summed E-state index contributed by atoms with van der Waals surface area (Å²) in [5.41, 5.74) is 0.764. The minimum Gasteiger partial charge on any atom is -0.486 e. The fourth-order valence-electron chi connectivity index (χ4n) is 2.38. The van der Waals surface area contributed by atoms with E-state index < -0.39 is 0 Å². The van der Waals surface area contributed by atoms with Crippen molar-refractivity contribution in [3.63, 3.8) is 0 Å². The first-order valence-electron chi connectivity index (χ1n) is 7.14. The minimum atomic E-state index is -0.0867. The Labute approximate surface area is 132 Å². The molecule has 0 unspecified atom stereocenters. The van der Waals surface area contributed by atoms with E-state index in [-0.39, 0.29) is 17.6 Å². The molecule has 0 atom stereocenters. The van der Waals surface area contributed by atoms with Crippen LogP contribution in [-0.2, 0) is 7.05 Å². The van der Waals surface area contributed by atoms with Crippen LogP contribution >= 0.6 is 11.3 Å². The summed E-state index contributed by atoms with van der Waals surface area (Å²) < 4.78 is 7.36. The van der Waals surface area contributed by atoms with Gasteiger partial charge < -0.3 is 14.2 Å². The molecule has 1 saturated heterocycles. The summed E-state index contributed by atoms with van der Waals surface area (Å²) in [6, 6.07) is 7.14. The van der Waals surface area contributed by atoms with Gasteiger partial charge in [-0.25, -0.2) is 0 Å². The quantitative estimate of drug-likeness (QED) is 0.869.